The third-order valence-corrected chi connectivity index (χ3v) is 6.46. The van der Waals surface area contributed by atoms with Gasteiger partial charge in [0.2, 0.25) is 5.91 Å². The zero-order valence-electron chi connectivity index (χ0n) is 14.7. The highest BCUT2D eigenvalue weighted by atomic mass is 32.2. The van der Waals surface area contributed by atoms with Gasteiger partial charge in [0.1, 0.15) is 5.25 Å². The fourth-order valence-corrected chi connectivity index (χ4v) is 5.12. The van der Waals surface area contributed by atoms with Gasteiger partial charge in [-0.25, -0.2) is 0 Å². The number of aryl methyl sites for hydroxylation is 1. The number of aliphatic carboxylic acids is 1. The average molecular weight is 362 g/mol. The largest absolute Gasteiger partial charge is 0.480 e. The van der Waals surface area contributed by atoms with Gasteiger partial charge in [0, 0.05) is 19.1 Å². The van der Waals surface area contributed by atoms with Crippen molar-refractivity contribution in [1.82, 2.24) is 9.80 Å². The van der Waals surface area contributed by atoms with Crippen molar-refractivity contribution < 1.29 is 14.7 Å². The number of likely N-dealkylation sites (N-methyl/N-ethyl adjacent to an activating group) is 1. The molecule has 1 fully saturated rings. The van der Waals surface area contributed by atoms with E-state index in [4.69, 9.17) is 5.11 Å². The third-order valence-electron chi connectivity index (χ3n) is 5.24. The van der Waals surface area contributed by atoms with Crippen LogP contribution in [0.5, 0.6) is 0 Å². The molecule has 0 spiro atoms. The molecule has 2 unspecified atom stereocenters. The van der Waals surface area contributed by atoms with Gasteiger partial charge in [0.25, 0.3) is 0 Å². The monoisotopic (exact) mass is 362 g/mol. The van der Waals surface area contributed by atoms with Crippen molar-refractivity contribution >= 4 is 23.6 Å². The molecular formula is C19H26N2O3S. The lowest BCUT2D eigenvalue weighted by Crippen LogP contribution is -2.38. The molecule has 0 bridgehead atoms. The van der Waals surface area contributed by atoms with E-state index in [9.17, 15) is 9.59 Å². The second-order valence-electron chi connectivity index (χ2n) is 6.92. The van der Waals surface area contributed by atoms with Crippen molar-refractivity contribution in [3.05, 3.63) is 35.4 Å². The number of hydrogen-bond acceptors (Lipinski definition) is 4. The summed E-state index contributed by atoms with van der Waals surface area (Å²) < 4.78 is 0. The maximum Gasteiger partial charge on any atom is 0.317 e. The molecule has 1 N–H and O–H groups in total. The molecule has 5 nitrogen and oxygen atoms in total. The first-order valence-electron chi connectivity index (χ1n) is 8.96. The molecule has 2 atom stereocenters. The van der Waals surface area contributed by atoms with E-state index in [0.29, 0.717) is 6.54 Å². The summed E-state index contributed by atoms with van der Waals surface area (Å²) in [6.45, 7) is 1.55. The standard InChI is InChI=1S/C19H26N2O3S/c1-20(13-17(22)23)15-6-4-10-21(11-8-15)19(24)18-16-7-3-2-5-14(16)9-12-25-18/h2-3,5,7,15,18H,4,6,8-13H2,1H3,(H,22,23). The summed E-state index contributed by atoms with van der Waals surface area (Å²) in [5.41, 5.74) is 2.47. The van der Waals surface area contributed by atoms with Crippen LogP contribution in [0.3, 0.4) is 0 Å². The minimum atomic E-state index is -0.796. The molecule has 6 heteroatoms. The summed E-state index contributed by atoms with van der Waals surface area (Å²) in [6.07, 6.45) is 3.75. The number of rotatable bonds is 4. The van der Waals surface area contributed by atoms with Crippen LogP contribution in [-0.2, 0) is 16.0 Å². The molecule has 0 radical (unpaired) electrons. The number of carbonyl (C=O) groups is 2. The number of carbonyl (C=O) groups excluding carboxylic acids is 1. The highest BCUT2D eigenvalue weighted by Crippen LogP contribution is 2.38. The van der Waals surface area contributed by atoms with E-state index in [0.717, 1.165) is 38.0 Å². The zero-order chi connectivity index (χ0) is 17.8. The molecule has 1 saturated heterocycles. The molecule has 0 aliphatic carbocycles. The molecular weight excluding hydrogens is 336 g/mol. The molecule has 3 rings (SSSR count). The Morgan fingerprint density at radius 2 is 2.08 bits per heavy atom. The Hall–Kier alpha value is -1.53. The summed E-state index contributed by atoms with van der Waals surface area (Å²) in [4.78, 5) is 27.9. The number of carboxylic acid groups (broad SMARTS) is 1. The van der Waals surface area contributed by atoms with Crippen molar-refractivity contribution in [1.29, 1.82) is 0 Å². The minimum Gasteiger partial charge on any atom is -0.480 e. The van der Waals surface area contributed by atoms with E-state index < -0.39 is 5.97 Å². The molecule has 1 amide bonds. The van der Waals surface area contributed by atoms with E-state index in [-0.39, 0.29) is 23.7 Å². The Labute approximate surface area is 153 Å². The summed E-state index contributed by atoms with van der Waals surface area (Å²) in [6, 6.07) is 8.52. The number of carboxylic acids is 1. The van der Waals surface area contributed by atoms with Crippen molar-refractivity contribution in [2.45, 2.75) is 37.0 Å². The van der Waals surface area contributed by atoms with Gasteiger partial charge in [-0.05, 0) is 49.6 Å². The topological polar surface area (TPSA) is 60.9 Å². The molecule has 25 heavy (non-hydrogen) atoms. The van der Waals surface area contributed by atoms with Crippen LogP contribution in [0.25, 0.3) is 0 Å². The van der Waals surface area contributed by atoms with Gasteiger partial charge in [-0.3, -0.25) is 14.5 Å². The molecule has 0 aromatic heterocycles. The number of benzene rings is 1. The van der Waals surface area contributed by atoms with Gasteiger partial charge < -0.3 is 10.0 Å². The third kappa shape index (κ3) is 4.36. The lowest BCUT2D eigenvalue weighted by atomic mass is 10.0. The van der Waals surface area contributed by atoms with Gasteiger partial charge in [0.15, 0.2) is 0 Å². The van der Waals surface area contributed by atoms with Crippen LogP contribution >= 0.6 is 11.8 Å². The Morgan fingerprint density at radius 1 is 1.28 bits per heavy atom. The van der Waals surface area contributed by atoms with Crippen molar-refractivity contribution in [3.8, 4) is 0 Å². The highest BCUT2D eigenvalue weighted by molar-refractivity contribution is 8.00. The number of likely N-dealkylation sites (tertiary alicyclic amines) is 1. The van der Waals surface area contributed by atoms with Gasteiger partial charge in [-0.15, -0.1) is 11.8 Å². The van der Waals surface area contributed by atoms with Crippen LogP contribution in [0.2, 0.25) is 0 Å². The van der Waals surface area contributed by atoms with Crippen LogP contribution in [0.4, 0.5) is 0 Å². The predicted molar refractivity (Wildman–Crippen MR) is 99.8 cm³/mol. The van der Waals surface area contributed by atoms with Crippen LogP contribution in [0.1, 0.15) is 35.6 Å². The van der Waals surface area contributed by atoms with Crippen LogP contribution in [0.15, 0.2) is 24.3 Å². The number of amides is 1. The van der Waals surface area contributed by atoms with Gasteiger partial charge in [0.05, 0.1) is 6.54 Å². The summed E-state index contributed by atoms with van der Waals surface area (Å²) in [5, 5.41) is 8.89. The Kier molecular flexibility index (Phi) is 6.02. The Balaban J connectivity index is 1.65. The number of fused-ring (bicyclic) bond motifs is 1. The molecule has 136 valence electrons. The molecule has 1 aromatic rings. The van der Waals surface area contributed by atoms with Gasteiger partial charge in [-0.1, -0.05) is 24.3 Å². The molecule has 2 aliphatic rings. The highest BCUT2D eigenvalue weighted by Gasteiger charge is 2.32. The van der Waals surface area contributed by atoms with E-state index in [2.05, 4.69) is 12.1 Å². The van der Waals surface area contributed by atoms with Crippen molar-refractivity contribution in [2.75, 3.05) is 32.4 Å². The minimum absolute atomic E-state index is 0.0600. The smallest absolute Gasteiger partial charge is 0.317 e. The molecule has 0 saturated carbocycles. The lowest BCUT2D eigenvalue weighted by Gasteiger charge is -2.30. The Bertz CT molecular complexity index is 637. The lowest BCUT2D eigenvalue weighted by molar-refractivity contribution is -0.138. The SMILES string of the molecule is CN(CC(=O)O)C1CCCN(C(=O)C2SCCc3ccccc32)CC1. The predicted octanol–water partition coefficient (Wildman–Crippen LogP) is 2.41. The maximum absolute atomic E-state index is 13.1. The fraction of sp³-hybridized carbons (Fsp3) is 0.579. The second-order valence-corrected chi connectivity index (χ2v) is 8.13. The number of thioether (sulfide) groups is 1. The van der Waals surface area contributed by atoms with Gasteiger partial charge in [-0.2, -0.15) is 0 Å². The summed E-state index contributed by atoms with van der Waals surface area (Å²) >= 11 is 1.75. The van der Waals surface area contributed by atoms with Crippen molar-refractivity contribution in [3.63, 3.8) is 0 Å². The zero-order valence-corrected chi connectivity index (χ0v) is 15.5. The van der Waals surface area contributed by atoms with Gasteiger partial charge >= 0.3 is 5.97 Å². The van der Waals surface area contributed by atoms with Crippen LogP contribution in [0, 0.1) is 0 Å². The number of hydrogen-bond donors (Lipinski definition) is 1. The average Bonchev–Trinajstić information content (AvgIpc) is 2.86. The first-order chi connectivity index (χ1) is 12.1. The second kappa shape index (κ2) is 8.23. The first-order valence-corrected chi connectivity index (χ1v) is 10.0. The molecule has 1 aromatic carbocycles. The van der Waals surface area contributed by atoms with E-state index in [1.165, 1.54) is 11.1 Å². The first kappa shape index (κ1) is 18.3. The summed E-state index contributed by atoms with van der Waals surface area (Å²) in [7, 11) is 1.86. The van der Waals surface area contributed by atoms with E-state index >= 15 is 0 Å². The van der Waals surface area contributed by atoms with E-state index in [1.54, 1.807) is 11.8 Å². The fourth-order valence-electron chi connectivity index (χ4n) is 3.85. The quantitative estimate of drug-likeness (QED) is 0.891. The molecule has 2 heterocycles. The number of nitrogens with zero attached hydrogens (tertiary/aromatic N) is 2. The van der Waals surface area contributed by atoms with E-state index in [1.807, 2.05) is 29.0 Å². The normalized spacial score (nSPS) is 23.8. The van der Waals surface area contributed by atoms with Crippen molar-refractivity contribution in [2.24, 2.45) is 0 Å². The Morgan fingerprint density at radius 3 is 2.88 bits per heavy atom. The summed E-state index contributed by atoms with van der Waals surface area (Å²) in [5.74, 6) is 0.416. The molecule has 2 aliphatic heterocycles. The maximum atomic E-state index is 13.1. The van der Waals surface area contributed by atoms with Crippen LogP contribution < -0.4 is 0 Å². The van der Waals surface area contributed by atoms with Crippen LogP contribution in [-0.4, -0.2) is 65.3 Å².